The summed E-state index contributed by atoms with van der Waals surface area (Å²) in [7, 11) is -3.26. The van der Waals surface area contributed by atoms with E-state index in [1.54, 1.807) is 0 Å². The molecule has 7 aromatic rings. The molecule has 2 atom stereocenters. The number of benzene rings is 7. The minimum absolute atomic E-state index is 0.0131. The number of likely N-dealkylation sites (tertiary alicyclic amines) is 1. The van der Waals surface area contributed by atoms with Crippen LogP contribution in [0.15, 0.2) is 200 Å². The highest BCUT2D eigenvalue weighted by atomic mass is 32.2. The van der Waals surface area contributed by atoms with Crippen molar-refractivity contribution in [1.82, 2.24) is 4.90 Å². The molecule has 18 heteroatoms. The predicted molar refractivity (Wildman–Crippen MR) is 297 cm³/mol. The summed E-state index contributed by atoms with van der Waals surface area (Å²) >= 11 is 0.853. The SMILES string of the molecule is CC(C)(C)[Si](OCC(=O)S[C@@H]1[C@@H](CCOC(=O)OCc2ccc([N+](=O)[O-])cc2)C(=O)N1C(C(=O)OCc1ccc([N+](=O)[O-])cc1)=P(c1ccccc1)(c1ccccc1)c1ccccc1)(c1ccccc1)c1ccccc1. The van der Waals surface area contributed by atoms with Crippen LogP contribution in [0.25, 0.3) is 0 Å². The summed E-state index contributed by atoms with van der Waals surface area (Å²) in [6.45, 7) is 1.55. The van der Waals surface area contributed by atoms with Gasteiger partial charge >= 0.3 is 12.1 Å². The Balaban J connectivity index is 1.22. The van der Waals surface area contributed by atoms with Crippen molar-refractivity contribution < 1.29 is 47.7 Å². The quantitative estimate of drug-likeness (QED) is 0.0175. The summed E-state index contributed by atoms with van der Waals surface area (Å²) in [6, 6.07) is 58.9. The zero-order chi connectivity index (χ0) is 53.9. The lowest BCUT2D eigenvalue weighted by Crippen LogP contribution is -2.67. The zero-order valence-electron chi connectivity index (χ0n) is 41.8. The first-order valence-corrected chi connectivity index (χ1v) is 28.9. The van der Waals surface area contributed by atoms with Crippen LogP contribution in [0.5, 0.6) is 0 Å². The first-order chi connectivity index (χ1) is 36.6. The van der Waals surface area contributed by atoms with Crippen LogP contribution in [0.4, 0.5) is 16.2 Å². The summed E-state index contributed by atoms with van der Waals surface area (Å²) in [5.41, 5.74) is 0.647. The number of carbonyl (C=O) groups is 4. The summed E-state index contributed by atoms with van der Waals surface area (Å²) in [6.07, 6.45) is -1.13. The van der Waals surface area contributed by atoms with E-state index in [0.29, 0.717) is 27.0 Å². The normalized spacial score (nSPS) is 14.5. The molecule has 0 unspecified atom stereocenters. The molecule has 1 aliphatic heterocycles. The topological polar surface area (TPSA) is 195 Å². The number of ether oxygens (including phenoxy) is 3. The highest BCUT2D eigenvalue weighted by Gasteiger charge is 2.55. The van der Waals surface area contributed by atoms with E-state index >= 15 is 9.59 Å². The van der Waals surface area contributed by atoms with Crippen LogP contribution in [0.1, 0.15) is 38.3 Å². The van der Waals surface area contributed by atoms with Crippen molar-refractivity contribution >= 4 is 93.2 Å². The van der Waals surface area contributed by atoms with Gasteiger partial charge in [-0.2, -0.15) is 0 Å². The van der Waals surface area contributed by atoms with E-state index in [9.17, 15) is 29.8 Å². The van der Waals surface area contributed by atoms with Crippen molar-refractivity contribution in [3.63, 3.8) is 0 Å². The summed E-state index contributed by atoms with van der Waals surface area (Å²) < 4.78 is 24.1. The smallest absolute Gasteiger partial charge is 0.456 e. The van der Waals surface area contributed by atoms with Gasteiger partial charge in [0, 0.05) is 31.2 Å². The average molecular weight is 1080 g/mol. The van der Waals surface area contributed by atoms with E-state index in [2.05, 4.69) is 20.8 Å². The molecule has 0 radical (unpaired) electrons. The number of carbonyl (C=O) groups excluding carboxylic acids is 4. The number of rotatable bonds is 20. The maximum Gasteiger partial charge on any atom is 0.508 e. The molecule has 0 spiro atoms. The van der Waals surface area contributed by atoms with Gasteiger partial charge in [0.1, 0.15) is 30.6 Å². The number of nitro groups is 2. The molecule has 1 heterocycles. The standard InChI is InChI=1S/C58H54N3O12PSSi/c1-58(2,3)76(49-25-15-7-16-26-49,50-27-17-8-18-28-50)73-41-52(62)75-55-51(37-38-70-57(65)72-40-43-31-35-45(36-32-43)61(68)69)53(63)59(55)54(56(64)71-39-42-29-33-44(34-30-42)60(66)67)74(46-19-9-4-10-20-46,47-21-11-5-12-22-47)48-23-13-6-14-24-48/h4-36,51,55H,37-41H2,1-3H3/t51-,55+/m0/s1. The third-order valence-electron chi connectivity index (χ3n) is 13.1. The Bertz CT molecular complexity index is 3100. The van der Waals surface area contributed by atoms with Crippen molar-refractivity contribution in [2.24, 2.45) is 5.92 Å². The lowest BCUT2D eigenvalue weighted by Gasteiger charge is -2.49. The zero-order valence-corrected chi connectivity index (χ0v) is 44.5. The minimum Gasteiger partial charge on any atom is -0.456 e. The molecule has 388 valence electrons. The molecule has 1 saturated heterocycles. The molecule has 8 rings (SSSR count). The number of β-lactam (4-membered cyclic amide) rings is 1. The van der Waals surface area contributed by atoms with Crippen LogP contribution >= 0.6 is 18.6 Å². The lowest BCUT2D eigenvalue weighted by molar-refractivity contribution is -0.385. The maximum atomic E-state index is 15.6. The minimum atomic E-state index is -3.49. The van der Waals surface area contributed by atoms with Gasteiger partial charge in [-0.3, -0.25) is 34.7 Å². The number of thioether (sulfide) groups is 1. The van der Waals surface area contributed by atoms with Gasteiger partial charge in [0.25, 0.3) is 19.7 Å². The summed E-state index contributed by atoms with van der Waals surface area (Å²) in [5, 5.41) is 24.7. The second kappa shape index (κ2) is 24.2. The van der Waals surface area contributed by atoms with Gasteiger partial charge in [-0.25, -0.2) is 9.59 Å². The van der Waals surface area contributed by atoms with Gasteiger partial charge in [0.2, 0.25) is 11.0 Å². The van der Waals surface area contributed by atoms with Crippen LogP contribution < -0.4 is 26.3 Å². The molecule has 1 fully saturated rings. The Morgan fingerprint density at radius 2 is 1.00 bits per heavy atom. The van der Waals surface area contributed by atoms with Gasteiger partial charge < -0.3 is 18.6 Å². The fraction of sp³-hybridized carbons (Fsp3) is 0.190. The number of non-ortho nitro benzene ring substituents is 2. The lowest BCUT2D eigenvalue weighted by atomic mass is 9.95. The van der Waals surface area contributed by atoms with Gasteiger partial charge in [-0.05, 0) is 73.1 Å². The molecule has 0 N–H and O–H groups in total. The highest BCUT2D eigenvalue weighted by Crippen LogP contribution is 2.51. The number of nitro benzene ring substituents is 2. The van der Waals surface area contributed by atoms with Crippen LogP contribution in [0, 0.1) is 26.1 Å². The number of nitrogens with zero attached hydrogens (tertiary/aromatic N) is 3. The van der Waals surface area contributed by atoms with Crippen LogP contribution in [-0.2, 0) is 46.2 Å². The molecular weight excluding hydrogens is 1020 g/mol. The van der Waals surface area contributed by atoms with E-state index in [1.807, 2.05) is 152 Å². The average Bonchev–Trinajstić information content (AvgIpc) is 3.52. The molecular formula is C58H54N3O12PSSi. The van der Waals surface area contributed by atoms with Crippen molar-refractivity contribution in [2.45, 2.75) is 50.8 Å². The molecule has 1 aliphatic rings. The van der Waals surface area contributed by atoms with Crippen molar-refractivity contribution in [2.75, 3.05) is 13.2 Å². The monoisotopic (exact) mass is 1080 g/mol. The molecule has 7 aromatic carbocycles. The van der Waals surface area contributed by atoms with Crippen LogP contribution in [0.3, 0.4) is 0 Å². The van der Waals surface area contributed by atoms with E-state index in [0.717, 1.165) is 22.1 Å². The van der Waals surface area contributed by atoms with Gasteiger partial charge in [-0.15, -0.1) is 0 Å². The Morgan fingerprint density at radius 1 is 0.592 bits per heavy atom. The number of hydrogen-bond donors (Lipinski definition) is 0. The molecule has 0 bridgehead atoms. The Morgan fingerprint density at radius 3 is 1.41 bits per heavy atom. The van der Waals surface area contributed by atoms with Gasteiger partial charge in [0.15, 0.2) is 0 Å². The fourth-order valence-electron chi connectivity index (χ4n) is 9.51. The van der Waals surface area contributed by atoms with Crippen LogP contribution in [-0.4, -0.2) is 70.2 Å². The molecule has 1 amide bonds. The number of hydrogen-bond acceptors (Lipinski definition) is 13. The Kier molecular flexibility index (Phi) is 17.3. The molecule has 0 saturated carbocycles. The van der Waals surface area contributed by atoms with E-state index in [1.165, 1.54) is 53.4 Å². The van der Waals surface area contributed by atoms with Gasteiger partial charge in [-0.1, -0.05) is 184 Å². The largest absolute Gasteiger partial charge is 0.508 e. The highest BCUT2D eigenvalue weighted by molar-refractivity contribution is 8.14. The first-order valence-electron chi connectivity index (χ1n) is 24.3. The molecule has 0 aliphatic carbocycles. The van der Waals surface area contributed by atoms with Gasteiger partial charge in [0.05, 0.1) is 22.4 Å². The number of amides is 1. The Labute approximate surface area is 445 Å². The first kappa shape index (κ1) is 54.3. The second-order valence-corrected chi connectivity index (χ2v) is 27.5. The molecule has 15 nitrogen and oxygen atoms in total. The summed E-state index contributed by atoms with van der Waals surface area (Å²) in [4.78, 5) is 82.0. The second-order valence-electron chi connectivity index (χ2n) is 18.7. The summed E-state index contributed by atoms with van der Waals surface area (Å²) in [5.74, 6) is -2.38. The van der Waals surface area contributed by atoms with Crippen molar-refractivity contribution in [1.29, 1.82) is 0 Å². The van der Waals surface area contributed by atoms with Crippen molar-refractivity contribution in [3.05, 3.63) is 232 Å². The maximum absolute atomic E-state index is 15.6. The van der Waals surface area contributed by atoms with Crippen LogP contribution in [0.2, 0.25) is 5.04 Å². The van der Waals surface area contributed by atoms with E-state index < -0.39 is 64.5 Å². The third-order valence-corrected chi connectivity index (χ3v) is 23.5. The van der Waals surface area contributed by atoms with E-state index in [4.69, 9.17) is 18.6 Å². The predicted octanol–water partition coefficient (Wildman–Crippen LogP) is 9.03. The fourth-order valence-corrected chi connectivity index (χ4v) is 19.7. The Hall–Kier alpha value is -7.95. The molecule has 0 aromatic heterocycles. The van der Waals surface area contributed by atoms with Crippen molar-refractivity contribution in [3.8, 4) is 0 Å². The number of esters is 1. The van der Waals surface area contributed by atoms with E-state index in [-0.39, 0.29) is 49.6 Å². The third kappa shape index (κ3) is 11.6. The molecule has 76 heavy (non-hydrogen) atoms.